The van der Waals surface area contributed by atoms with E-state index in [0.29, 0.717) is 11.8 Å². The van der Waals surface area contributed by atoms with Crippen molar-refractivity contribution in [3.8, 4) is 0 Å². The van der Waals surface area contributed by atoms with Crippen molar-refractivity contribution >= 4 is 17.3 Å². The van der Waals surface area contributed by atoms with Crippen LogP contribution in [0.5, 0.6) is 0 Å². The fourth-order valence-corrected chi connectivity index (χ4v) is 4.50. The third kappa shape index (κ3) is 3.26. The van der Waals surface area contributed by atoms with Crippen molar-refractivity contribution in [3.05, 3.63) is 69.9 Å². The summed E-state index contributed by atoms with van der Waals surface area (Å²) in [5.74, 6) is 0.529. The normalized spacial score (nSPS) is 22.5. The minimum absolute atomic E-state index is 0.0137. The van der Waals surface area contributed by atoms with Crippen molar-refractivity contribution in [2.75, 3.05) is 13.1 Å². The van der Waals surface area contributed by atoms with Crippen LogP contribution in [0.3, 0.4) is 0 Å². The third-order valence-corrected chi connectivity index (χ3v) is 5.85. The molecule has 4 rings (SSSR count). The lowest BCUT2D eigenvalue weighted by Crippen LogP contribution is -2.52. The third-order valence-electron chi connectivity index (χ3n) is 5.48. The highest BCUT2D eigenvalue weighted by Gasteiger charge is 2.35. The van der Waals surface area contributed by atoms with Gasteiger partial charge in [-0.3, -0.25) is 4.79 Å². The van der Waals surface area contributed by atoms with E-state index in [2.05, 4.69) is 16.3 Å². The van der Waals surface area contributed by atoms with Gasteiger partial charge >= 0.3 is 0 Å². The van der Waals surface area contributed by atoms with E-state index in [1.165, 1.54) is 12.1 Å². The lowest BCUT2D eigenvalue weighted by Gasteiger charge is -2.44. The van der Waals surface area contributed by atoms with Crippen LogP contribution in [0.1, 0.15) is 36.6 Å². The molecular formula is C20H22FN3OS. The zero-order valence-corrected chi connectivity index (χ0v) is 15.5. The molecular weight excluding hydrogens is 349 g/mol. The molecule has 2 bridgehead atoms. The molecule has 6 heteroatoms. The van der Waals surface area contributed by atoms with E-state index in [4.69, 9.17) is 12.2 Å². The zero-order valence-electron chi connectivity index (χ0n) is 14.7. The number of pyridine rings is 1. The van der Waals surface area contributed by atoms with E-state index in [-0.39, 0.29) is 17.4 Å². The first-order valence-electron chi connectivity index (χ1n) is 9.02. The molecule has 0 spiro atoms. The number of rotatable bonds is 2. The van der Waals surface area contributed by atoms with Crippen molar-refractivity contribution in [2.45, 2.75) is 31.8 Å². The summed E-state index contributed by atoms with van der Waals surface area (Å²) in [5, 5.41) is 4.10. The molecule has 1 aromatic carbocycles. The molecule has 1 N–H and O–H groups in total. The Morgan fingerprint density at radius 1 is 1.19 bits per heavy atom. The predicted octanol–water partition coefficient (Wildman–Crippen LogP) is 3.04. The highest BCUT2D eigenvalue weighted by Crippen LogP contribution is 2.35. The van der Waals surface area contributed by atoms with Gasteiger partial charge in [0.2, 0.25) is 0 Å². The van der Waals surface area contributed by atoms with Gasteiger partial charge in [0, 0.05) is 37.3 Å². The second-order valence-electron chi connectivity index (χ2n) is 7.33. The SMILES string of the molecule is CC(NC(=S)N1CC2CC(C1)c1cccc(=O)n1C2)c1ccc(F)cc1. The molecule has 0 amide bonds. The van der Waals surface area contributed by atoms with E-state index in [1.807, 2.05) is 17.6 Å². The Morgan fingerprint density at radius 3 is 2.73 bits per heavy atom. The Bertz CT molecular complexity index is 879. The van der Waals surface area contributed by atoms with Crippen molar-refractivity contribution < 1.29 is 4.39 Å². The number of aromatic nitrogens is 1. The number of halogens is 1. The number of hydrogen-bond acceptors (Lipinski definition) is 2. The fourth-order valence-electron chi connectivity index (χ4n) is 4.17. The largest absolute Gasteiger partial charge is 0.356 e. The summed E-state index contributed by atoms with van der Waals surface area (Å²) >= 11 is 5.65. The molecule has 0 saturated carbocycles. The average molecular weight is 371 g/mol. The van der Waals surface area contributed by atoms with Crippen molar-refractivity contribution in [2.24, 2.45) is 5.92 Å². The van der Waals surface area contributed by atoms with Gasteiger partial charge in [0.1, 0.15) is 5.82 Å². The molecule has 2 aliphatic heterocycles. The van der Waals surface area contributed by atoms with Gasteiger partial charge in [0.05, 0.1) is 6.04 Å². The minimum atomic E-state index is -0.235. The lowest BCUT2D eigenvalue weighted by atomic mass is 9.83. The Morgan fingerprint density at radius 2 is 1.96 bits per heavy atom. The highest BCUT2D eigenvalue weighted by molar-refractivity contribution is 7.80. The van der Waals surface area contributed by atoms with Crippen LogP contribution < -0.4 is 10.9 Å². The number of nitrogens with one attached hydrogen (secondary N) is 1. The first kappa shape index (κ1) is 17.2. The second kappa shape index (κ2) is 6.83. The maximum Gasteiger partial charge on any atom is 0.250 e. The van der Waals surface area contributed by atoms with Crippen LogP contribution in [-0.4, -0.2) is 27.7 Å². The predicted molar refractivity (Wildman–Crippen MR) is 104 cm³/mol. The number of thiocarbonyl (C=S) groups is 1. The summed E-state index contributed by atoms with van der Waals surface area (Å²) in [4.78, 5) is 14.3. The fraction of sp³-hybridized carbons (Fsp3) is 0.400. The van der Waals surface area contributed by atoms with E-state index < -0.39 is 0 Å². The van der Waals surface area contributed by atoms with Crippen LogP contribution in [0.4, 0.5) is 4.39 Å². The molecule has 4 nitrogen and oxygen atoms in total. The number of benzene rings is 1. The molecule has 3 heterocycles. The van der Waals surface area contributed by atoms with Crippen LogP contribution >= 0.6 is 12.2 Å². The number of hydrogen-bond donors (Lipinski definition) is 1. The van der Waals surface area contributed by atoms with Gasteiger partial charge in [0.15, 0.2) is 5.11 Å². The van der Waals surface area contributed by atoms with Gasteiger partial charge in [-0.1, -0.05) is 18.2 Å². The van der Waals surface area contributed by atoms with Crippen LogP contribution in [-0.2, 0) is 6.54 Å². The zero-order chi connectivity index (χ0) is 18.3. The Labute approximate surface area is 157 Å². The molecule has 1 fully saturated rings. The number of likely N-dealkylation sites (tertiary alicyclic amines) is 1. The Kier molecular flexibility index (Phi) is 4.53. The van der Waals surface area contributed by atoms with Gasteiger partial charge in [0.25, 0.3) is 5.56 Å². The van der Waals surface area contributed by atoms with Crippen LogP contribution in [0.15, 0.2) is 47.3 Å². The number of nitrogens with zero attached hydrogens (tertiary/aromatic N) is 2. The van der Waals surface area contributed by atoms with Crippen LogP contribution in [0, 0.1) is 11.7 Å². The molecule has 1 aromatic heterocycles. The maximum absolute atomic E-state index is 13.1. The standard InChI is InChI=1S/C20H22FN3OS/c1-13(15-5-7-17(21)8-6-15)22-20(26)23-10-14-9-16(12-23)18-3-2-4-19(25)24(18)11-14/h2-8,13-14,16H,9-12H2,1H3,(H,22,26). The summed E-state index contributed by atoms with van der Waals surface area (Å²) < 4.78 is 15.0. The average Bonchev–Trinajstić information content (AvgIpc) is 2.63. The molecule has 1 saturated heterocycles. The quantitative estimate of drug-likeness (QED) is 0.824. The number of piperidine rings is 1. The molecule has 136 valence electrons. The minimum Gasteiger partial charge on any atom is -0.356 e. The van der Waals surface area contributed by atoms with Crippen molar-refractivity contribution in [1.29, 1.82) is 0 Å². The van der Waals surface area contributed by atoms with E-state index in [0.717, 1.165) is 42.4 Å². The summed E-state index contributed by atoms with van der Waals surface area (Å²) in [6.07, 6.45) is 1.11. The monoisotopic (exact) mass is 371 g/mol. The molecule has 3 unspecified atom stereocenters. The second-order valence-corrected chi connectivity index (χ2v) is 7.71. The van der Waals surface area contributed by atoms with Gasteiger partial charge < -0.3 is 14.8 Å². The topological polar surface area (TPSA) is 37.3 Å². The Hall–Kier alpha value is -2.21. The van der Waals surface area contributed by atoms with E-state index in [9.17, 15) is 9.18 Å². The molecule has 2 aliphatic rings. The summed E-state index contributed by atoms with van der Waals surface area (Å²) in [6.45, 7) is 4.47. The van der Waals surface area contributed by atoms with Gasteiger partial charge in [-0.15, -0.1) is 0 Å². The Balaban J connectivity index is 1.47. The first-order chi connectivity index (χ1) is 12.5. The smallest absolute Gasteiger partial charge is 0.250 e. The van der Waals surface area contributed by atoms with Crippen molar-refractivity contribution in [1.82, 2.24) is 14.8 Å². The molecule has 2 aromatic rings. The van der Waals surface area contributed by atoms with Gasteiger partial charge in [-0.05, 0) is 55.2 Å². The number of fused-ring (bicyclic) bond motifs is 4. The van der Waals surface area contributed by atoms with Crippen LogP contribution in [0.2, 0.25) is 0 Å². The van der Waals surface area contributed by atoms with Crippen molar-refractivity contribution in [3.63, 3.8) is 0 Å². The maximum atomic E-state index is 13.1. The van der Waals surface area contributed by atoms with E-state index in [1.54, 1.807) is 18.2 Å². The molecule has 26 heavy (non-hydrogen) atoms. The first-order valence-corrected chi connectivity index (χ1v) is 9.42. The van der Waals surface area contributed by atoms with Gasteiger partial charge in [-0.25, -0.2) is 4.39 Å². The molecule has 0 aliphatic carbocycles. The molecule has 3 atom stereocenters. The van der Waals surface area contributed by atoms with E-state index >= 15 is 0 Å². The summed E-state index contributed by atoms with van der Waals surface area (Å²) in [6, 6.07) is 12.1. The lowest BCUT2D eigenvalue weighted by molar-refractivity contribution is 0.176. The highest BCUT2D eigenvalue weighted by atomic mass is 32.1. The summed E-state index contributed by atoms with van der Waals surface area (Å²) in [7, 11) is 0. The van der Waals surface area contributed by atoms with Crippen LogP contribution in [0.25, 0.3) is 0 Å². The molecule has 0 radical (unpaired) electrons. The van der Waals surface area contributed by atoms with Gasteiger partial charge in [-0.2, -0.15) is 0 Å². The summed E-state index contributed by atoms with van der Waals surface area (Å²) in [5.41, 5.74) is 2.21.